The van der Waals surface area contributed by atoms with Gasteiger partial charge in [0.2, 0.25) is 5.76 Å². The molecule has 1 aromatic heterocycles. The summed E-state index contributed by atoms with van der Waals surface area (Å²) in [6.45, 7) is -0.115. The monoisotopic (exact) mass is 254 g/mol. The van der Waals surface area contributed by atoms with Crippen LogP contribution in [-0.2, 0) is 6.61 Å². The van der Waals surface area contributed by atoms with Gasteiger partial charge in [0.25, 0.3) is 0 Å². The van der Waals surface area contributed by atoms with Crippen LogP contribution in [0.3, 0.4) is 0 Å². The molecule has 2 rings (SSSR count). The van der Waals surface area contributed by atoms with Crippen LogP contribution in [0.5, 0.6) is 5.75 Å². The predicted octanol–water partition coefficient (Wildman–Crippen LogP) is 2.84. The highest BCUT2D eigenvalue weighted by Crippen LogP contribution is 2.17. The maximum Gasteiger partial charge on any atom is 0.371 e. The molecule has 0 aliphatic heterocycles. The second kappa shape index (κ2) is 4.87. The van der Waals surface area contributed by atoms with Crippen LogP contribution in [0.25, 0.3) is 0 Å². The number of carboxylic acids is 1. The van der Waals surface area contributed by atoms with E-state index in [4.69, 9.17) is 14.3 Å². The Morgan fingerprint density at radius 1 is 1.22 bits per heavy atom. The van der Waals surface area contributed by atoms with Gasteiger partial charge in [-0.25, -0.2) is 13.6 Å². The van der Waals surface area contributed by atoms with Crippen molar-refractivity contribution in [2.45, 2.75) is 6.61 Å². The van der Waals surface area contributed by atoms with Crippen molar-refractivity contribution in [1.82, 2.24) is 0 Å². The first-order valence-electron chi connectivity index (χ1n) is 4.95. The van der Waals surface area contributed by atoms with Gasteiger partial charge in [-0.05, 0) is 12.1 Å². The van der Waals surface area contributed by atoms with Crippen LogP contribution in [0.4, 0.5) is 8.78 Å². The van der Waals surface area contributed by atoms with Gasteiger partial charge in [0.05, 0.1) is 0 Å². The zero-order chi connectivity index (χ0) is 13.1. The molecule has 1 aromatic carbocycles. The minimum atomic E-state index is -1.20. The minimum Gasteiger partial charge on any atom is -0.485 e. The minimum absolute atomic E-state index is 0.000718. The lowest BCUT2D eigenvalue weighted by Gasteiger charge is -2.04. The molecule has 0 aliphatic rings. The third kappa shape index (κ3) is 2.85. The van der Waals surface area contributed by atoms with Crippen molar-refractivity contribution < 1.29 is 27.8 Å². The second-order valence-electron chi connectivity index (χ2n) is 3.46. The molecule has 6 heteroatoms. The van der Waals surface area contributed by atoms with Crippen LogP contribution in [0.1, 0.15) is 16.3 Å². The molecule has 0 aliphatic carbocycles. The van der Waals surface area contributed by atoms with E-state index in [0.29, 0.717) is 0 Å². The molecule has 2 aromatic rings. The van der Waals surface area contributed by atoms with Gasteiger partial charge in [0.1, 0.15) is 29.8 Å². The molecule has 0 radical (unpaired) electrons. The molecule has 0 amide bonds. The van der Waals surface area contributed by atoms with Crippen molar-refractivity contribution in [3.05, 3.63) is 53.5 Å². The van der Waals surface area contributed by atoms with Crippen molar-refractivity contribution in [1.29, 1.82) is 0 Å². The highest BCUT2D eigenvalue weighted by molar-refractivity contribution is 5.84. The predicted molar refractivity (Wildman–Crippen MR) is 56.4 cm³/mol. The van der Waals surface area contributed by atoms with Crippen molar-refractivity contribution >= 4 is 5.97 Å². The maximum atomic E-state index is 12.8. The number of halogens is 2. The fourth-order valence-corrected chi connectivity index (χ4v) is 1.34. The number of furan rings is 1. The number of aromatic carboxylic acids is 1. The van der Waals surface area contributed by atoms with Gasteiger partial charge < -0.3 is 14.3 Å². The summed E-state index contributed by atoms with van der Waals surface area (Å²) in [6.07, 6.45) is 0. The standard InChI is InChI=1S/C12H8F2O4/c13-7-3-8(14)5-10(4-7)17-6-9-1-2-11(18-9)12(15)16/h1-5H,6H2,(H,15,16). The number of hydrogen-bond donors (Lipinski definition) is 1. The number of rotatable bonds is 4. The van der Waals surface area contributed by atoms with E-state index in [1.54, 1.807) is 0 Å². The summed E-state index contributed by atoms with van der Waals surface area (Å²) in [5.74, 6) is -2.68. The summed E-state index contributed by atoms with van der Waals surface area (Å²) in [5.41, 5.74) is 0. The summed E-state index contributed by atoms with van der Waals surface area (Å²) in [6, 6.07) is 5.45. The Labute approximate surface area is 100 Å². The van der Waals surface area contributed by atoms with E-state index < -0.39 is 17.6 Å². The number of ether oxygens (including phenoxy) is 1. The van der Waals surface area contributed by atoms with E-state index in [1.165, 1.54) is 12.1 Å². The fraction of sp³-hybridized carbons (Fsp3) is 0.0833. The van der Waals surface area contributed by atoms with Gasteiger partial charge in [-0.2, -0.15) is 0 Å². The summed E-state index contributed by atoms with van der Waals surface area (Å²) in [4.78, 5) is 10.5. The number of carboxylic acid groups (broad SMARTS) is 1. The Morgan fingerprint density at radius 3 is 2.44 bits per heavy atom. The average Bonchev–Trinajstić information content (AvgIpc) is 2.73. The van der Waals surface area contributed by atoms with Crippen LogP contribution in [0.2, 0.25) is 0 Å². The van der Waals surface area contributed by atoms with E-state index in [1.807, 2.05) is 0 Å². The first-order valence-corrected chi connectivity index (χ1v) is 4.95. The van der Waals surface area contributed by atoms with Crippen molar-refractivity contribution in [2.24, 2.45) is 0 Å². The lowest BCUT2D eigenvalue weighted by molar-refractivity contribution is 0.0658. The molecule has 0 atom stereocenters. The van der Waals surface area contributed by atoms with Crippen molar-refractivity contribution in [3.8, 4) is 5.75 Å². The maximum absolute atomic E-state index is 12.8. The number of hydrogen-bond acceptors (Lipinski definition) is 3. The summed E-state index contributed by atoms with van der Waals surface area (Å²) in [7, 11) is 0. The van der Waals surface area contributed by atoms with Crippen LogP contribution >= 0.6 is 0 Å². The van der Waals surface area contributed by atoms with Crippen LogP contribution in [-0.4, -0.2) is 11.1 Å². The van der Waals surface area contributed by atoms with E-state index in [2.05, 4.69) is 0 Å². The van der Waals surface area contributed by atoms with Crippen molar-refractivity contribution in [2.75, 3.05) is 0 Å². The van der Waals surface area contributed by atoms with Gasteiger partial charge in [-0.3, -0.25) is 0 Å². The van der Waals surface area contributed by atoms with Crippen molar-refractivity contribution in [3.63, 3.8) is 0 Å². The lowest BCUT2D eigenvalue weighted by Crippen LogP contribution is -1.96. The topological polar surface area (TPSA) is 59.7 Å². The highest BCUT2D eigenvalue weighted by atomic mass is 19.1. The third-order valence-corrected chi connectivity index (χ3v) is 2.09. The zero-order valence-corrected chi connectivity index (χ0v) is 9.02. The molecule has 4 nitrogen and oxygen atoms in total. The van der Waals surface area contributed by atoms with Gasteiger partial charge in [0, 0.05) is 18.2 Å². The largest absolute Gasteiger partial charge is 0.485 e. The Kier molecular flexibility index (Phi) is 3.27. The molecular formula is C12H8F2O4. The summed E-state index contributed by atoms with van der Waals surface area (Å²) >= 11 is 0. The normalized spacial score (nSPS) is 10.3. The van der Waals surface area contributed by atoms with E-state index in [-0.39, 0.29) is 23.9 Å². The Morgan fingerprint density at radius 2 is 1.89 bits per heavy atom. The molecule has 1 N–H and O–H groups in total. The third-order valence-electron chi connectivity index (χ3n) is 2.09. The van der Waals surface area contributed by atoms with E-state index in [0.717, 1.165) is 18.2 Å². The molecule has 1 heterocycles. The van der Waals surface area contributed by atoms with Gasteiger partial charge in [-0.1, -0.05) is 0 Å². The van der Waals surface area contributed by atoms with Gasteiger partial charge >= 0.3 is 5.97 Å². The first kappa shape index (κ1) is 12.1. The lowest BCUT2D eigenvalue weighted by atomic mass is 10.3. The molecule has 0 bridgehead atoms. The quantitative estimate of drug-likeness (QED) is 0.911. The average molecular weight is 254 g/mol. The van der Waals surface area contributed by atoms with Crippen LogP contribution < -0.4 is 4.74 Å². The molecular weight excluding hydrogens is 246 g/mol. The van der Waals surface area contributed by atoms with E-state index >= 15 is 0 Å². The Hall–Kier alpha value is -2.37. The van der Waals surface area contributed by atoms with Crippen LogP contribution in [0, 0.1) is 11.6 Å². The van der Waals surface area contributed by atoms with Gasteiger partial charge in [0.15, 0.2) is 0 Å². The summed E-state index contributed by atoms with van der Waals surface area (Å²) < 4.78 is 35.7. The Bertz CT molecular complexity index is 557. The highest BCUT2D eigenvalue weighted by Gasteiger charge is 2.09. The molecule has 0 saturated carbocycles. The van der Waals surface area contributed by atoms with Gasteiger partial charge in [-0.15, -0.1) is 0 Å². The fourth-order valence-electron chi connectivity index (χ4n) is 1.34. The first-order chi connectivity index (χ1) is 8.54. The van der Waals surface area contributed by atoms with Crippen LogP contribution in [0.15, 0.2) is 34.7 Å². The Balaban J connectivity index is 2.04. The zero-order valence-electron chi connectivity index (χ0n) is 9.02. The smallest absolute Gasteiger partial charge is 0.371 e. The molecule has 18 heavy (non-hydrogen) atoms. The second-order valence-corrected chi connectivity index (χ2v) is 3.46. The molecule has 0 spiro atoms. The molecule has 0 unspecified atom stereocenters. The molecule has 94 valence electrons. The summed E-state index contributed by atoms with van der Waals surface area (Å²) in [5, 5.41) is 8.62. The SMILES string of the molecule is O=C(O)c1ccc(COc2cc(F)cc(F)c2)o1. The number of benzene rings is 1. The number of carbonyl (C=O) groups is 1. The van der Waals surface area contributed by atoms with E-state index in [9.17, 15) is 13.6 Å². The molecule has 0 saturated heterocycles. The molecule has 0 fully saturated rings.